The SMILES string of the molecule is COCCc1ccc(C(Br)CC(C)C)cc1. The number of benzene rings is 1. The molecule has 1 rings (SSSR count). The highest BCUT2D eigenvalue weighted by Crippen LogP contribution is 2.29. The van der Waals surface area contributed by atoms with Crippen LogP contribution in [-0.4, -0.2) is 13.7 Å². The molecule has 0 fully saturated rings. The van der Waals surface area contributed by atoms with E-state index in [2.05, 4.69) is 54.0 Å². The molecular formula is C14H21BrO. The summed E-state index contributed by atoms with van der Waals surface area (Å²) in [4.78, 5) is 0.476. The minimum atomic E-state index is 0.476. The first-order chi connectivity index (χ1) is 7.63. The molecule has 0 aliphatic rings. The predicted molar refractivity (Wildman–Crippen MR) is 73.1 cm³/mol. The predicted octanol–water partition coefficient (Wildman–Crippen LogP) is 4.36. The number of hydrogen-bond acceptors (Lipinski definition) is 1. The van der Waals surface area contributed by atoms with Gasteiger partial charge in [-0.3, -0.25) is 0 Å². The Labute approximate surface area is 107 Å². The fourth-order valence-electron chi connectivity index (χ4n) is 1.66. The Morgan fingerprint density at radius 3 is 2.31 bits per heavy atom. The van der Waals surface area contributed by atoms with Crippen molar-refractivity contribution in [3.8, 4) is 0 Å². The minimum absolute atomic E-state index is 0.476. The minimum Gasteiger partial charge on any atom is -0.384 e. The number of halogens is 1. The number of methoxy groups -OCH3 is 1. The first kappa shape index (κ1) is 13.7. The topological polar surface area (TPSA) is 9.23 Å². The second kappa shape index (κ2) is 7.08. The van der Waals surface area contributed by atoms with Gasteiger partial charge in [0.05, 0.1) is 6.61 Å². The molecule has 2 heteroatoms. The van der Waals surface area contributed by atoms with Crippen molar-refractivity contribution in [2.45, 2.75) is 31.5 Å². The van der Waals surface area contributed by atoms with Crippen molar-refractivity contribution in [2.24, 2.45) is 5.92 Å². The van der Waals surface area contributed by atoms with Gasteiger partial charge in [0.25, 0.3) is 0 Å². The smallest absolute Gasteiger partial charge is 0.0502 e. The molecule has 1 atom stereocenters. The summed E-state index contributed by atoms with van der Waals surface area (Å²) in [5.41, 5.74) is 2.71. The summed E-state index contributed by atoms with van der Waals surface area (Å²) in [6.45, 7) is 5.30. The molecule has 0 heterocycles. The van der Waals surface area contributed by atoms with Gasteiger partial charge in [0.2, 0.25) is 0 Å². The maximum atomic E-state index is 5.07. The molecule has 1 aromatic carbocycles. The van der Waals surface area contributed by atoms with E-state index in [1.54, 1.807) is 7.11 Å². The highest BCUT2D eigenvalue weighted by Gasteiger charge is 2.09. The molecule has 0 radical (unpaired) electrons. The van der Waals surface area contributed by atoms with Crippen LogP contribution in [-0.2, 0) is 11.2 Å². The summed E-state index contributed by atoms with van der Waals surface area (Å²) >= 11 is 3.74. The molecule has 1 aromatic rings. The van der Waals surface area contributed by atoms with Gasteiger partial charge in [0.15, 0.2) is 0 Å². The summed E-state index contributed by atoms with van der Waals surface area (Å²) in [7, 11) is 1.74. The molecule has 0 spiro atoms. The Kier molecular flexibility index (Phi) is 6.07. The van der Waals surface area contributed by atoms with E-state index in [0.29, 0.717) is 4.83 Å². The van der Waals surface area contributed by atoms with Gasteiger partial charge in [0.1, 0.15) is 0 Å². The van der Waals surface area contributed by atoms with Crippen LogP contribution in [0.4, 0.5) is 0 Å². The molecule has 1 unspecified atom stereocenters. The Morgan fingerprint density at radius 1 is 1.19 bits per heavy atom. The molecular weight excluding hydrogens is 264 g/mol. The summed E-state index contributed by atoms with van der Waals surface area (Å²) < 4.78 is 5.07. The summed E-state index contributed by atoms with van der Waals surface area (Å²) in [6.07, 6.45) is 2.17. The molecule has 0 amide bonds. The highest BCUT2D eigenvalue weighted by atomic mass is 79.9. The van der Waals surface area contributed by atoms with Crippen molar-refractivity contribution >= 4 is 15.9 Å². The molecule has 0 aromatic heterocycles. The summed E-state index contributed by atoms with van der Waals surface area (Å²) in [5.74, 6) is 0.720. The second-order valence-corrected chi connectivity index (χ2v) is 5.69. The van der Waals surface area contributed by atoms with Gasteiger partial charge in [-0.05, 0) is 29.9 Å². The van der Waals surface area contributed by atoms with Crippen molar-refractivity contribution in [1.82, 2.24) is 0 Å². The Bertz CT molecular complexity index is 292. The highest BCUT2D eigenvalue weighted by molar-refractivity contribution is 9.09. The van der Waals surface area contributed by atoms with Crippen molar-refractivity contribution in [2.75, 3.05) is 13.7 Å². The molecule has 0 bridgehead atoms. The summed E-state index contributed by atoms with van der Waals surface area (Å²) in [6, 6.07) is 8.82. The maximum Gasteiger partial charge on any atom is 0.0502 e. The average molecular weight is 285 g/mol. The third kappa shape index (κ3) is 4.67. The van der Waals surface area contributed by atoms with E-state index in [9.17, 15) is 0 Å². The van der Waals surface area contributed by atoms with E-state index in [-0.39, 0.29) is 0 Å². The van der Waals surface area contributed by atoms with Crippen LogP contribution >= 0.6 is 15.9 Å². The van der Waals surface area contributed by atoms with Crippen LogP contribution in [0.2, 0.25) is 0 Å². The molecule has 0 aliphatic heterocycles. The third-order valence-corrected chi connectivity index (χ3v) is 3.52. The van der Waals surface area contributed by atoms with Crippen LogP contribution in [0, 0.1) is 5.92 Å². The van der Waals surface area contributed by atoms with Gasteiger partial charge in [0, 0.05) is 11.9 Å². The number of hydrogen-bond donors (Lipinski definition) is 0. The monoisotopic (exact) mass is 284 g/mol. The van der Waals surface area contributed by atoms with Gasteiger partial charge in [-0.2, -0.15) is 0 Å². The maximum absolute atomic E-state index is 5.07. The van der Waals surface area contributed by atoms with Gasteiger partial charge in [-0.15, -0.1) is 0 Å². The lowest BCUT2D eigenvalue weighted by Crippen LogP contribution is -1.98. The Hall–Kier alpha value is -0.340. The van der Waals surface area contributed by atoms with Crippen LogP contribution in [0.1, 0.15) is 36.2 Å². The van der Waals surface area contributed by atoms with E-state index < -0.39 is 0 Å². The first-order valence-corrected chi connectivity index (χ1v) is 6.77. The van der Waals surface area contributed by atoms with Crippen molar-refractivity contribution in [3.63, 3.8) is 0 Å². The van der Waals surface area contributed by atoms with E-state index in [4.69, 9.17) is 4.74 Å². The van der Waals surface area contributed by atoms with E-state index in [1.807, 2.05) is 0 Å². The van der Waals surface area contributed by atoms with Crippen molar-refractivity contribution in [1.29, 1.82) is 0 Å². The van der Waals surface area contributed by atoms with Gasteiger partial charge in [-0.25, -0.2) is 0 Å². The molecule has 0 saturated heterocycles. The Morgan fingerprint density at radius 2 is 1.81 bits per heavy atom. The van der Waals surface area contributed by atoms with E-state index in [1.165, 1.54) is 17.5 Å². The fraction of sp³-hybridized carbons (Fsp3) is 0.571. The fourth-order valence-corrected chi connectivity index (χ4v) is 2.72. The van der Waals surface area contributed by atoms with Crippen LogP contribution < -0.4 is 0 Å². The van der Waals surface area contributed by atoms with Gasteiger partial charge in [-0.1, -0.05) is 54.0 Å². The van der Waals surface area contributed by atoms with Gasteiger partial charge >= 0.3 is 0 Å². The average Bonchev–Trinajstić information content (AvgIpc) is 2.26. The molecule has 16 heavy (non-hydrogen) atoms. The molecule has 0 N–H and O–H groups in total. The van der Waals surface area contributed by atoms with E-state index >= 15 is 0 Å². The molecule has 0 saturated carbocycles. The summed E-state index contributed by atoms with van der Waals surface area (Å²) in [5, 5.41) is 0. The van der Waals surface area contributed by atoms with Crippen LogP contribution in [0.15, 0.2) is 24.3 Å². The van der Waals surface area contributed by atoms with Crippen LogP contribution in [0.3, 0.4) is 0 Å². The van der Waals surface area contributed by atoms with Crippen molar-refractivity contribution < 1.29 is 4.74 Å². The number of rotatable bonds is 6. The lowest BCUT2D eigenvalue weighted by atomic mass is 10.0. The van der Waals surface area contributed by atoms with E-state index in [0.717, 1.165) is 18.9 Å². The lowest BCUT2D eigenvalue weighted by molar-refractivity contribution is 0.202. The zero-order valence-corrected chi connectivity index (χ0v) is 12.0. The van der Waals surface area contributed by atoms with Crippen molar-refractivity contribution in [3.05, 3.63) is 35.4 Å². The largest absolute Gasteiger partial charge is 0.384 e. The second-order valence-electron chi connectivity index (χ2n) is 4.58. The zero-order valence-electron chi connectivity index (χ0n) is 10.4. The first-order valence-electron chi connectivity index (χ1n) is 5.85. The van der Waals surface area contributed by atoms with Crippen LogP contribution in [0.25, 0.3) is 0 Å². The number of alkyl halides is 1. The Balaban J connectivity index is 2.56. The molecule has 90 valence electrons. The number of ether oxygens (including phenoxy) is 1. The van der Waals surface area contributed by atoms with Gasteiger partial charge < -0.3 is 4.74 Å². The quantitative estimate of drug-likeness (QED) is 0.706. The standard InChI is InChI=1S/C14H21BrO/c1-11(2)10-14(15)13-6-4-12(5-7-13)8-9-16-3/h4-7,11,14H,8-10H2,1-3H3. The molecule has 0 aliphatic carbocycles. The normalized spacial score (nSPS) is 13.1. The molecule has 1 nitrogen and oxygen atoms in total. The lowest BCUT2D eigenvalue weighted by Gasteiger charge is -2.13. The third-order valence-electron chi connectivity index (χ3n) is 2.61. The zero-order chi connectivity index (χ0) is 12.0. The van der Waals surface area contributed by atoms with Crippen LogP contribution in [0.5, 0.6) is 0 Å².